The largest absolute Gasteiger partial charge is 0.497 e. The topological polar surface area (TPSA) is 26.3 Å². The van der Waals surface area contributed by atoms with Gasteiger partial charge in [-0.3, -0.25) is 4.79 Å². The lowest BCUT2D eigenvalue weighted by atomic mass is 10.1. The highest BCUT2D eigenvalue weighted by molar-refractivity contribution is 6.30. The molecule has 3 heteroatoms. The Kier molecular flexibility index (Phi) is 6.24. The number of rotatable bonds is 6. The van der Waals surface area contributed by atoms with Crippen molar-refractivity contribution in [3.8, 4) is 5.75 Å². The maximum atomic E-state index is 12.2. The second kappa shape index (κ2) is 9.02. The van der Waals surface area contributed by atoms with Crippen molar-refractivity contribution in [1.82, 2.24) is 0 Å². The molecule has 2 nitrogen and oxygen atoms in total. The summed E-state index contributed by atoms with van der Waals surface area (Å²) in [6.07, 6.45) is 7.48. The van der Waals surface area contributed by atoms with E-state index < -0.39 is 0 Å². The van der Waals surface area contributed by atoms with Crippen LogP contribution < -0.4 is 4.74 Å². The van der Waals surface area contributed by atoms with Gasteiger partial charge in [-0.15, -0.1) is 0 Å². The highest BCUT2D eigenvalue weighted by Gasteiger charge is 2.01. The summed E-state index contributed by atoms with van der Waals surface area (Å²) in [6.45, 7) is 0. The Morgan fingerprint density at radius 2 is 1.22 bits per heavy atom. The van der Waals surface area contributed by atoms with Crippen molar-refractivity contribution in [3.05, 3.63) is 106 Å². The zero-order valence-corrected chi connectivity index (χ0v) is 15.7. The minimum atomic E-state index is -0.0376. The molecular weight excluding hydrogens is 356 g/mol. The number of carbonyl (C=O) groups excluding carboxylic acids is 1. The summed E-state index contributed by atoms with van der Waals surface area (Å²) in [4.78, 5) is 12.2. The van der Waals surface area contributed by atoms with Crippen molar-refractivity contribution in [2.45, 2.75) is 0 Å². The molecule has 0 fully saturated rings. The maximum Gasteiger partial charge on any atom is 0.185 e. The zero-order valence-electron chi connectivity index (χ0n) is 14.9. The molecule has 0 radical (unpaired) electrons. The predicted molar refractivity (Wildman–Crippen MR) is 113 cm³/mol. The maximum absolute atomic E-state index is 12.2. The average molecular weight is 375 g/mol. The van der Waals surface area contributed by atoms with Crippen LogP contribution in [0.3, 0.4) is 0 Å². The fourth-order valence-corrected chi connectivity index (χ4v) is 2.63. The molecule has 0 N–H and O–H groups in total. The van der Waals surface area contributed by atoms with Crippen LogP contribution >= 0.6 is 11.6 Å². The third-order valence-electron chi connectivity index (χ3n) is 4.08. The van der Waals surface area contributed by atoms with Crippen LogP contribution in [0.4, 0.5) is 0 Å². The summed E-state index contributed by atoms with van der Waals surface area (Å²) >= 11 is 5.89. The van der Waals surface area contributed by atoms with Crippen LogP contribution in [0.2, 0.25) is 5.02 Å². The Balaban J connectivity index is 1.63. The van der Waals surface area contributed by atoms with Gasteiger partial charge in [0.05, 0.1) is 7.11 Å². The average Bonchev–Trinajstić information content (AvgIpc) is 2.72. The third-order valence-corrected chi connectivity index (χ3v) is 4.33. The molecule has 27 heavy (non-hydrogen) atoms. The number of hydrogen-bond acceptors (Lipinski definition) is 2. The normalized spacial score (nSPS) is 11.2. The second-order valence-electron chi connectivity index (χ2n) is 5.98. The molecule has 0 saturated heterocycles. The Morgan fingerprint density at radius 1 is 0.741 bits per heavy atom. The molecule has 3 aromatic rings. The fraction of sp³-hybridized carbons (Fsp3) is 0.0417. The summed E-state index contributed by atoms with van der Waals surface area (Å²) in [5.74, 6) is 0.696. The highest BCUT2D eigenvalue weighted by Crippen LogP contribution is 2.15. The van der Waals surface area contributed by atoms with Gasteiger partial charge < -0.3 is 4.74 Å². The predicted octanol–water partition coefficient (Wildman–Crippen LogP) is 6.42. The first-order valence-electron chi connectivity index (χ1n) is 8.54. The summed E-state index contributed by atoms with van der Waals surface area (Å²) in [5.41, 5.74) is 3.78. The van der Waals surface area contributed by atoms with Crippen LogP contribution in [-0.2, 0) is 0 Å². The number of ether oxygens (including phenoxy) is 1. The number of allylic oxidation sites excluding steroid dienone is 1. The number of methoxy groups -OCH3 is 1. The molecular formula is C24H19ClO2. The van der Waals surface area contributed by atoms with Gasteiger partial charge in [0.15, 0.2) is 5.78 Å². The molecule has 0 aliphatic rings. The van der Waals surface area contributed by atoms with Crippen LogP contribution in [0.25, 0.3) is 18.2 Å². The molecule has 0 saturated carbocycles. The van der Waals surface area contributed by atoms with Crippen LogP contribution in [0.1, 0.15) is 27.0 Å². The van der Waals surface area contributed by atoms with Gasteiger partial charge in [0, 0.05) is 10.6 Å². The molecule has 0 unspecified atom stereocenters. The summed E-state index contributed by atoms with van der Waals surface area (Å²) in [6, 6.07) is 22.8. The number of benzene rings is 3. The molecule has 0 heterocycles. The fourth-order valence-electron chi connectivity index (χ4n) is 2.51. The zero-order chi connectivity index (χ0) is 19.1. The van der Waals surface area contributed by atoms with Gasteiger partial charge in [-0.25, -0.2) is 0 Å². The molecule has 0 spiro atoms. The van der Waals surface area contributed by atoms with Crippen molar-refractivity contribution >= 4 is 35.6 Å². The summed E-state index contributed by atoms with van der Waals surface area (Å²) in [5, 5.41) is 0.729. The first kappa shape index (κ1) is 18.7. The van der Waals surface area contributed by atoms with E-state index in [-0.39, 0.29) is 5.78 Å². The monoisotopic (exact) mass is 374 g/mol. The lowest BCUT2D eigenvalue weighted by Crippen LogP contribution is -1.94. The smallest absolute Gasteiger partial charge is 0.185 e. The van der Waals surface area contributed by atoms with E-state index in [4.69, 9.17) is 16.3 Å². The van der Waals surface area contributed by atoms with E-state index in [1.54, 1.807) is 37.5 Å². The molecule has 0 aromatic heterocycles. The van der Waals surface area contributed by atoms with Crippen molar-refractivity contribution in [2.24, 2.45) is 0 Å². The Labute approximate surface area is 164 Å². The van der Waals surface area contributed by atoms with Gasteiger partial charge in [0.2, 0.25) is 0 Å². The highest BCUT2D eigenvalue weighted by atomic mass is 35.5. The molecule has 3 aromatic carbocycles. The molecule has 134 valence electrons. The van der Waals surface area contributed by atoms with E-state index in [1.807, 2.05) is 66.8 Å². The minimum absolute atomic E-state index is 0.0376. The van der Waals surface area contributed by atoms with E-state index >= 15 is 0 Å². The van der Waals surface area contributed by atoms with Gasteiger partial charge in [0.25, 0.3) is 0 Å². The van der Waals surface area contributed by atoms with Crippen molar-refractivity contribution in [3.63, 3.8) is 0 Å². The van der Waals surface area contributed by atoms with Crippen LogP contribution in [0.5, 0.6) is 5.75 Å². The molecule has 0 aliphatic carbocycles. The second-order valence-corrected chi connectivity index (χ2v) is 6.41. The van der Waals surface area contributed by atoms with Crippen LogP contribution in [0.15, 0.2) is 78.9 Å². The van der Waals surface area contributed by atoms with E-state index in [9.17, 15) is 4.79 Å². The molecule has 0 aliphatic heterocycles. The molecule has 0 atom stereocenters. The van der Waals surface area contributed by atoms with Crippen molar-refractivity contribution in [1.29, 1.82) is 0 Å². The van der Waals surface area contributed by atoms with Gasteiger partial charge in [-0.2, -0.15) is 0 Å². The van der Waals surface area contributed by atoms with Gasteiger partial charge in [-0.1, -0.05) is 66.2 Å². The lowest BCUT2D eigenvalue weighted by molar-refractivity contribution is 0.104. The van der Waals surface area contributed by atoms with Gasteiger partial charge >= 0.3 is 0 Å². The Morgan fingerprint density at radius 3 is 1.74 bits per heavy atom. The van der Waals surface area contributed by atoms with E-state index in [0.717, 1.165) is 27.5 Å². The van der Waals surface area contributed by atoms with Gasteiger partial charge in [0.1, 0.15) is 5.75 Å². The third kappa shape index (κ3) is 5.44. The van der Waals surface area contributed by atoms with E-state index in [2.05, 4.69) is 0 Å². The molecule has 0 bridgehead atoms. The van der Waals surface area contributed by atoms with Gasteiger partial charge in [-0.05, 0) is 59.2 Å². The first-order valence-corrected chi connectivity index (χ1v) is 8.92. The Hall–Kier alpha value is -3.10. The summed E-state index contributed by atoms with van der Waals surface area (Å²) in [7, 11) is 1.60. The molecule has 0 amide bonds. The molecule has 3 rings (SSSR count). The minimum Gasteiger partial charge on any atom is -0.497 e. The van der Waals surface area contributed by atoms with E-state index in [0.29, 0.717) is 5.56 Å². The first-order chi connectivity index (χ1) is 13.1. The summed E-state index contributed by atoms with van der Waals surface area (Å²) < 4.78 is 5.10. The Bertz CT molecular complexity index is 951. The quantitative estimate of drug-likeness (QED) is 0.283. The lowest BCUT2D eigenvalue weighted by Gasteiger charge is -2.00. The van der Waals surface area contributed by atoms with Crippen molar-refractivity contribution < 1.29 is 9.53 Å². The van der Waals surface area contributed by atoms with Crippen molar-refractivity contribution in [2.75, 3.05) is 7.11 Å². The van der Waals surface area contributed by atoms with Crippen LogP contribution in [0, 0.1) is 0 Å². The SMILES string of the molecule is COc1ccc(C(=O)/C=C/c2ccc(/C=C/c3ccc(Cl)cc3)cc2)cc1. The number of carbonyl (C=O) groups is 1. The number of ketones is 1. The number of halogens is 1. The van der Waals surface area contributed by atoms with Crippen LogP contribution in [-0.4, -0.2) is 12.9 Å². The number of hydrogen-bond donors (Lipinski definition) is 0. The van der Waals surface area contributed by atoms with E-state index in [1.165, 1.54) is 0 Å². The standard InChI is InChI=1S/C24H19ClO2/c1-27-23-15-11-21(12-16-23)24(26)17-10-19-5-2-18(3-6-19)4-7-20-8-13-22(25)14-9-20/h2-17H,1H3/b7-4+,17-10+.